The van der Waals surface area contributed by atoms with Crippen LogP contribution < -0.4 is 5.32 Å². The van der Waals surface area contributed by atoms with E-state index in [1.165, 1.54) is 17.7 Å². The first kappa shape index (κ1) is 19.3. The van der Waals surface area contributed by atoms with E-state index in [0.29, 0.717) is 17.8 Å². The van der Waals surface area contributed by atoms with Crippen molar-refractivity contribution in [2.75, 3.05) is 20.6 Å². The third-order valence-electron chi connectivity index (χ3n) is 4.60. The van der Waals surface area contributed by atoms with Crippen molar-refractivity contribution in [1.82, 2.24) is 20.0 Å². The van der Waals surface area contributed by atoms with Crippen molar-refractivity contribution in [3.8, 4) is 5.69 Å². The van der Waals surface area contributed by atoms with E-state index in [9.17, 15) is 9.18 Å². The molecule has 1 amide bonds. The summed E-state index contributed by atoms with van der Waals surface area (Å²) in [5.41, 5.74) is 3.84. The van der Waals surface area contributed by atoms with Gasteiger partial charge >= 0.3 is 0 Å². The number of hydrogen-bond donors (Lipinski definition) is 1. The van der Waals surface area contributed by atoms with Crippen LogP contribution in [0.15, 0.2) is 41.1 Å². The van der Waals surface area contributed by atoms with Gasteiger partial charge in [-0.05, 0) is 74.6 Å². The van der Waals surface area contributed by atoms with Crippen molar-refractivity contribution >= 4 is 17.2 Å². The number of carbonyl (C=O) groups excluding carboxylic acids is 1. The van der Waals surface area contributed by atoms with Crippen molar-refractivity contribution in [1.29, 1.82) is 0 Å². The molecule has 0 radical (unpaired) electrons. The van der Waals surface area contributed by atoms with E-state index in [1.54, 1.807) is 28.2 Å². The highest BCUT2D eigenvalue weighted by atomic mass is 32.1. The van der Waals surface area contributed by atoms with Gasteiger partial charge in [-0.2, -0.15) is 16.4 Å². The fourth-order valence-electron chi connectivity index (χ4n) is 3.15. The molecule has 0 aliphatic rings. The highest BCUT2D eigenvalue weighted by molar-refractivity contribution is 7.07. The molecule has 0 aliphatic carbocycles. The number of thiophene rings is 1. The van der Waals surface area contributed by atoms with Crippen LogP contribution in [0.1, 0.15) is 33.4 Å². The van der Waals surface area contributed by atoms with Gasteiger partial charge in [-0.25, -0.2) is 9.07 Å². The number of amides is 1. The molecule has 0 bridgehead atoms. The molecule has 2 heterocycles. The number of rotatable bonds is 6. The van der Waals surface area contributed by atoms with Crippen molar-refractivity contribution in [2.45, 2.75) is 19.9 Å². The molecule has 1 unspecified atom stereocenters. The molecule has 1 atom stereocenters. The molecule has 3 aromatic rings. The number of hydrogen-bond acceptors (Lipinski definition) is 4. The van der Waals surface area contributed by atoms with Crippen LogP contribution in [-0.4, -0.2) is 41.2 Å². The maximum Gasteiger partial charge on any atom is 0.255 e. The maximum atomic E-state index is 13.2. The molecule has 0 aliphatic heterocycles. The van der Waals surface area contributed by atoms with Crippen LogP contribution in [0, 0.1) is 19.7 Å². The molecule has 1 N–H and O–H groups in total. The predicted octanol–water partition coefficient (Wildman–Crippen LogP) is 3.72. The second-order valence-electron chi connectivity index (χ2n) is 6.68. The lowest BCUT2D eigenvalue weighted by Crippen LogP contribution is -2.34. The van der Waals surface area contributed by atoms with Gasteiger partial charge in [-0.15, -0.1) is 0 Å². The normalized spacial score (nSPS) is 12.4. The molecule has 2 aromatic heterocycles. The summed E-state index contributed by atoms with van der Waals surface area (Å²) in [5, 5.41) is 11.6. The topological polar surface area (TPSA) is 50.2 Å². The lowest BCUT2D eigenvalue weighted by molar-refractivity contribution is 0.0940. The highest BCUT2D eigenvalue weighted by Gasteiger charge is 2.21. The second-order valence-corrected chi connectivity index (χ2v) is 7.46. The fourth-order valence-corrected chi connectivity index (χ4v) is 3.85. The first-order chi connectivity index (χ1) is 12.9. The van der Waals surface area contributed by atoms with Gasteiger partial charge in [0.2, 0.25) is 0 Å². The van der Waals surface area contributed by atoms with Crippen LogP contribution in [0.3, 0.4) is 0 Å². The summed E-state index contributed by atoms with van der Waals surface area (Å²) in [6, 6.07) is 8.24. The number of halogens is 1. The van der Waals surface area contributed by atoms with Crippen LogP contribution >= 0.6 is 11.3 Å². The number of likely N-dealkylation sites (N-methyl/N-ethyl adjacent to an activating group) is 1. The zero-order valence-corrected chi connectivity index (χ0v) is 16.7. The Hall–Kier alpha value is -2.51. The first-order valence-corrected chi connectivity index (χ1v) is 9.61. The predicted molar refractivity (Wildman–Crippen MR) is 106 cm³/mol. The molecule has 0 saturated carbocycles. The standard InChI is InChI=1S/C20H23FN4OS/c1-13-19(14(2)25(23-13)17-7-5-16(21)6-8-17)20(26)22-11-18(24(3)4)15-9-10-27-12-15/h5-10,12,18H,11H2,1-4H3,(H,22,26). The molecule has 0 fully saturated rings. The molecule has 142 valence electrons. The van der Waals surface area contributed by atoms with Crippen molar-refractivity contribution in [3.05, 3.63) is 69.4 Å². The Morgan fingerprint density at radius 3 is 2.56 bits per heavy atom. The van der Waals surface area contributed by atoms with Crippen molar-refractivity contribution in [2.24, 2.45) is 0 Å². The van der Waals surface area contributed by atoms with E-state index in [1.807, 2.05) is 33.3 Å². The molecule has 1 aromatic carbocycles. The number of nitrogens with zero attached hydrogens (tertiary/aromatic N) is 3. The van der Waals surface area contributed by atoms with Crippen LogP contribution in [0.25, 0.3) is 5.69 Å². The number of nitrogens with one attached hydrogen (secondary N) is 1. The Balaban J connectivity index is 1.80. The lowest BCUT2D eigenvalue weighted by Gasteiger charge is -2.24. The Morgan fingerprint density at radius 2 is 1.96 bits per heavy atom. The van der Waals surface area contributed by atoms with Crippen molar-refractivity contribution < 1.29 is 9.18 Å². The SMILES string of the molecule is Cc1nn(-c2ccc(F)cc2)c(C)c1C(=O)NCC(c1ccsc1)N(C)C. The van der Waals surface area contributed by atoms with Crippen LogP contribution in [-0.2, 0) is 0 Å². The zero-order valence-electron chi connectivity index (χ0n) is 15.9. The monoisotopic (exact) mass is 386 g/mol. The van der Waals surface area contributed by atoms with E-state index in [2.05, 4.69) is 26.8 Å². The van der Waals surface area contributed by atoms with E-state index in [0.717, 1.165) is 11.4 Å². The molecular formula is C20H23FN4OS. The highest BCUT2D eigenvalue weighted by Crippen LogP contribution is 2.21. The van der Waals surface area contributed by atoms with E-state index < -0.39 is 0 Å². The fraction of sp³-hybridized carbons (Fsp3) is 0.300. The Kier molecular flexibility index (Phi) is 5.72. The lowest BCUT2D eigenvalue weighted by atomic mass is 10.1. The Labute approximate surface area is 162 Å². The van der Waals surface area contributed by atoms with Gasteiger partial charge in [-0.3, -0.25) is 4.79 Å². The summed E-state index contributed by atoms with van der Waals surface area (Å²) in [5.74, 6) is -0.457. The minimum Gasteiger partial charge on any atom is -0.350 e. The average Bonchev–Trinajstić information content (AvgIpc) is 3.24. The van der Waals surface area contributed by atoms with Gasteiger partial charge in [0.05, 0.1) is 28.7 Å². The summed E-state index contributed by atoms with van der Waals surface area (Å²) in [7, 11) is 4.00. The van der Waals surface area contributed by atoms with Gasteiger partial charge in [0.15, 0.2) is 0 Å². The largest absolute Gasteiger partial charge is 0.350 e. The van der Waals surface area contributed by atoms with E-state index >= 15 is 0 Å². The Morgan fingerprint density at radius 1 is 1.26 bits per heavy atom. The van der Waals surface area contributed by atoms with Gasteiger partial charge in [0.25, 0.3) is 5.91 Å². The van der Waals surface area contributed by atoms with Gasteiger partial charge in [0, 0.05) is 6.54 Å². The summed E-state index contributed by atoms with van der Waals surface area (Å²) in [6.07, 6.45) is 0. The summed E-state index contributed by atoms with van der Waals surface area (Å²) >= 11 is 1.64. The molecule has 27 heavy (non-hydrogen) atoms. The van der Waals surface area contributed by atoms with Gasteiger partial charge in [-0.1, -0.05) is 0 Å². The number of carbonyl (C=O) groups is 1. The van der Waals surface area contributed by atoms with Gasteiger partial charge < -0.3 is 10.2 Å². The summed E-state index contributed by atoms with van der Waals surface area (Å²) < 4.78 is 14.8. The van der Waals surface area contributed by atoms with E-state index in [4.69, 9.17) is 0 Å². The minimum atomic E-state index is -0.304. The number of aryl methyl sites for hydroxylation is 1. The van der Waals surface area contributed by atoms with Gasteiger partial charge in [0.1, 0.15) is 5.82 Å². The molecule has 5 nitrogen and oxygen atoms in total. The number of benzene rings is 1. The molecule has 7 heteroatoms. The zero-order chi connectivity index (χ0) is 19.6. The van der Waals surface area contributed by atoms with Crippen LogP contribution in [0.5, 0.6) is 0 Å². The van der Waals surface area contributed by atoms with Crippen molar-refractivity contribution in [3.63, 3.8) is 0 Å². The summed E-state index contributed by atoms with van der Waals surface area (Å²) in [4.78, 5) is 14.9. The smallest absolute Gasteiger partial charge is 0.255 e. The molecule has 0 spiro atoms. The quantitative estimate of drug-likeness (QED) is 0.702. The molecular weight excluding hydrogens is 363 g/mol. The van der Waals surface area contributed by atoms with E-state index in [-0.39, 0.29) is 17.8 Å². The first-order valence-electron chi connectivity index (χ1n) is 8.67. The third kappa shape index (κ3) is 4.09. The van der Waals surface area contributed by atoms with Crippen LogP contribution in [0.2, 0.25) is 0 Å². The molecule has 0 saturated heterocycles. The van der Waals surface area contributed by atoms with Crippen LogP contribution in [0.4, 0.5) is 4.39 Å². The Bertz CT molecular complexity index is 916. The average molecular weight is 386 g/mol. The molecule has 3 rings (SSSR count). The maximum absolute atomic E-state index is 13.2. The minimum absolute atomic E-state index is 0.105. The third-order valence-corrected chi connectivity index (χ3v) is 5.30. The number of aromatic nitrogens is 2. The summed E-state index contributed by atoms with van der Waals surface area (Å²) in [6.45, 7) is 4.16. The second kappa shape index (κ2) is 8.02.